The van der Waals surface area contributed by atoms with Crippen molar-refractivity contribution in [3.8, 4) is 5.75 Å². The van der Waals surface area contributed by atoms with Crippen molar-refractivity contribution in [2.75, 3.05) is 37.8 Å². The summed E-state index contributed by atoms with van der Waals surface area (Å²) >= 11 is 0. The number of hydrogen-bond donors (Lipinski definition) is 0. The fraction of sp³-hybridized carbons (Fsp3) is 0.417. The molecular formula is C24H28N2O4. The van der Waals surface area contributed by atoms with Crippen LogP contribution in [0.25, 0.3) is 0 Å². The first kappa shape index (κ1) is 20.4. The van der Waals surface area contributed by atoms with Gasteiger partial charge in [0.05, 0.1) is 25.4 Å². The van der Waals surface area contributed by atoms with E-state index in [4.69, 9.17) is 9.47 Å². The van der Waals surface area contributed by atoms with Crippen molar-refractivity contribution in [1.29, 1.82) is 0 Å². The number of ether oxygens (including phenoxy) is 2. The lowest BCUT2D eigenvalue weighted by atomic mass is 9.86. The molecule has 0 bridgehead atoms. The fourth-order valence-electron chi connectivity index (χ4n) is 3.78. The van der Waals surface area contributed by atoms with Crippen LogP contribution in [-0.2, 0) is 21.5 Å². The largest absolute Gasteiger partial charge is 0.482 e. The summed E-state index contributed by atoms with van der Waals surface area (Å²) in [6.45, 7) is 9.20. The number of carbonyl (C=O) groups excluding carboxylic acids is 2. The second-order valence-electron chi connectivity index (χ2n) is 8.81. The van der Waals surface area contributed by atoms with E-state index in [2.05, 4.69) is 26.8 Å². The van der Waals surface area contributed by atoms with Gasteiger partial charge in [0.2, 0.25) is 0 Å². The molecule has 158 valence electrons. The second kappa shape index (κ2) is 8.11. The predicted octanol–water partition coefficient (Wildman–Crippen LogP) is 3.38. The van der Waals surface area contributed by atoms with Gasteiger partial charge in [0, 0.05) is 18.7 Å². The highest BCUT2D eigenvalue weighted by molar-refractivity contribution is 5.98. The molecule has 2 aromatic rings. The summed E-state index contributed by atoms with van der Waals surface area (Å²) in [5.74, 6) is 0.630. The molecule has 0 aliphatic carbocycles. The lowest BCUT2D eigenvalue weighted by molar-refractivity contribution is -0.121. The van der Waals surface area contributed by atoms with Gasteiger partial charge in [0.15, 0.2) is 6.61 Å². The minimum Gasteiger partial charge on any atom is -0.482 e. The van der Waals surface area contributed by atoms with Gasteiger partial charge in [-0.2, -0.15) is 0 Å². The van der Waals surface area contributed by atoms with E-state index >= 15 is 0 Å². The van der Waals surface area contributed by atoms with Crippen LogP contribution in [0.2, 0.25) is 0 Å². The highest BCUT2D eigenvalue weighted by Gasteiger charge is 2.28. The van der Waals surface area contributed by atoms with Crippen LogP contribution >= 0.6 is 0 Å². The summed E-state index contributed by atoms with van der Waals surface area (Å²) in [4.78, 5) is 29.1. The number of nitrogens with zero attached hydrogens (tertiary/aromatic N) is 2. The number of morpholine rings is 1. The minimum atomic E-state index is -0.0848. The van der Waals surface area contributed by atoms with Crippen LogP contribution in [-0.4, -0.2) is 49.6 Å². The maximum atomic E-state index is 12.8. The smallest absolute Gasteiger partial charge is 0.265 e. The topological polar surface area (TPSA) is 59.1 Å². The van der Waals surface area contributed by atoms with Crippen molar-refractivity contribution in [3.63, 3.8) is 0 Å². The zero-order valence-corrected chi connectivity index (χ0v) is 17.8. The van der Waals surface area contributed by atoms with Gasteiger partial charge in [-0.05, 0) is 40.8 Å². The van der Waals surface area contributed by atoms with Gasteiger partial charge in [-0.1, -0.05) is 39.0 Å². The molecule has 0 spiro atoms. The summed E-state index contributed by atoms with van der Waals surface area (Å²) in [7, 11) is 0. The summed E-state index contributed by atoms with van der Waals surface area (Å²) < 4.78 is 11.0. The summed E-state index contributed by atoms with van der Waals surface area (Å²) in [6, 6.07) is 13.6. The first-order valence-electron chi connectivity index (χ1n) is 10.4. The third-order valence-corrected chi connectivity index (χ3v) is 5.58. The lowest BCUT2D eigenvalue weighted by Gasteiger charge is -2.31. The molecule has 30 heavy (non-hydrogen) atoms. The number of hydrogen-bond acceptors (Lipinski definition) is 4. The van der Waals surface area contributed by atoms with Crippen LogP contribution in [0.3, 0.4) is 0 Å². The van der Waals surface area contributed by atoms with Crippen LogP contribution in [0.15, 0.2) is 42.5 Å². The standard InChI is InChI=1S/C24H28N2O4/c1-24(2,3)19-7-8-21-20(14-19)26(22(27)16-30-21)15-17-5-4-6-18(13-17)23(28)25-9-11-29-12-10-25/h4-8,13-14H,9-12,15-16H2,1-3H3. The van der Waals surface area contributed by atoms with E-state index < -0.39 is 0 Å². The van der Waals surface area contributed by atoms with Crippen molar-refractivity contribution >= 4 is 17.5 Å². The van der Waals surface area contributed by atoms with Crippen LogP contribution in [0.4, 0.5) is 5.69 Å². The molecule has 0 radical (unpaired) electrons. The summed E-state index contributed by atoms with van der Waals surface area (Å²) in [5.41, 5.74) is 3.44. The average Bonchev–Trinajstić information content (AvgIpc) is 2.75. The normalized spacial score (nSPS) is 16.8. The monoisotopic (exact) mass is 408 g/mol. The van der Waals surface area contributed by atoms with Gasteiger partial charge < -0.3 is 19.3 Å². The van der Waals surface area contributed by atoms with Crippen molar-refractivity contribution in [1.82, 2.24) is 4.90 Å². The van der Waals surface area contributed by atoms with E-state index in [1.54, 1.807) is 4.90 Å². The van der Waals surface area contributed by atoms with E-state index in [0.717, 1.165) is 16.8 Å². The molecule has 0 atom stereocenters. The molecule has 0 unspecified atom stereocenters. The molecule has 1 fully saturated rings. The molecule has 2 heterocycles. The zero-order valence-electron chi connectivity index (χ0n) is 17.8. The van der Waals surface area contributed by atoms with Crippen molar-refractivity contribution in [2.24, 2.45) is 0 Å². The molecule has 0 saturated carbocycles. The maximum absolute atomic E-state index is 12.8. The van der Waals surface area contributed by atoms with E-state index in [9.17, 15) is 9.59 Å². The first-order valence-corrected chi connectivity index (χ1v) is 10.4. The van der Waals surface area contributed by atoms with E-state index in [-0.39, 0.29) is 23.8 Å². The SMILES string of the molecule is CC(C)(C)c1ccc2c(c1)N(Cc1cccc(C(=O)N3CCOCC3)c1)C(=O)CO2. The Hall–Kier alpha value is -2.86. The molecule has 0 aromatic heterocycles. The second-order valence-corrected chi connectivity index (χ2v) is 8.81. The van der Waals surface area contributed by atoms with Gasteiger partial charge in [-0.3, -0.25) is 9.59 Å². The number of anilines is 1. The molecule has 6 heteroatoms. The highest BCUT2D eigenvalue weighted by atomic mass is 16.5. The van der Waals surface area contributed by atoms with Crippen LogP contribution in [0, 0.1) is 0 Å². The fourth-order valence-corrected chi connectivity index (χ4v) is 3.78. The zero-order chi connectivity index (χ0) is 21.3. The van der Waals surface area contributed by atoms with Crippen molar-refractivity contribution in [2.45, 2.75) is 32.7 Å². The quantitative estimate of drug-likeness (QED) is 0.781. The Bertz CT molecular complexity index is 958. The van der Waals surface area contributed by atoms with Gasteiger partial charge in [0.25, 0.3) is 11.8 Å². The van der Waals surface area contributed by atoms with E-state index in [1.807, 2.05) is 41.3 Å². The third-order valence-electron chi connectivity index (χ3n) is 5.58. The molecule has 2 aliphatic heterocycles. The van der Waals surface area contributed by atoms with Crippen LogP contribution in [0.1, 0.15) is 42.3 Å². The van der Waals surface area contributed by atoms with Gasteiger partial charge in [-0.25, -0.2) is 0 Å². The Kier molecular flexibility index (Phi) is 5.52. The van der Waals surface area contributed by atoms with Crippen LogP contribution < -0.4 is 9.64 Å². The Morgan fingerprint density at radius 1 is 1.07 bits per heavy atom. The number of amides is 2. The molecule has 2 aliphatic rings. The van der Waals surface area contributed by atoms with E-state index in [0.29, 0.717) is 44.2 Å². The number of benzene rings is 2. The summed E-state index contributed by atoms with van der Waals surface area (Å²) in [5, 5.41) is 0. The molecule has 0 N–H and O–H groups in total. The minimum absolute atomic E-state index is 0.00359. The average molecular weight is 408 g/mol. The van der Waals surface area contributed by atoms with Crippen molar-refractivity contribution < 1.29 is 19.1 Å². The van der Waals surface area contributed by atoms with Gasteiger partial charge >= 0.3 is 0 Å². The highest BCUT2D eigenvalue weighted by Crippen LogP contribution is 2.37. The Labute approximate surface area is 177 Å². The summed E-state index contributed by atoms with van der Waals surface area (Å²) in [6.07, 6.45) is 0. The Morgan fingerprint density at radius 2 is 1.83 bits per heavy atom. The molecular weight excluding hydrogens is 380 g/mol. The van der Waals surface area contributed by atoms with Gasteiger partial charge in [0.1, 0.15) is 5.75 Å². The number of carbonyl (C=O) groups is 2. The number of fused-ring (bicyclic) bond motifs is 1. The first-order chi connectivity index (χ1) is 14.3. The lowest BCUT2D eigenvalue weighted by Crippen LogP contribution is -2.41. The van der Waals surface area contributed by atoms with E-state index in [1.165, 1.54) is 0 Å². The Morgan fingerprint density at radius 3 is 2.57 bits per heavy atom. The molecule has 1 saturated heterocycles. The molecule has 4 rings (SSSR count). The molecule has 2 amide bonds. The molecule has 2 aromatic carbocycles. The van der Waals surface area contributed by atoms with Gasteiger partial charge in [-0.15, -0.1) is 0 Å². The third kappa shape index (κ3) is 4.19. The van der Waals surface area contributed by atoms with Crippen molar-refractivity contribution in [3.05, 3.63) is 59.2 Å². The Balaban J connectivity index is 1.60. The molecule has 6 nitrogen and oxygen atoms in total. The van der Waals surface area contributed by atoms with Crippen LogP contribution in [0.5, 0.6) is 5.75 Å². The maximum Gasteiger partial charge on any atom is 0.265 e. The predicted molar refractivity (Wildman–Crippen MR) is 115 cm³/mol. The number of rotatable bonds is 3.